The molecule has 0 spiro atoms. The van der Waals surface area contributed by atoms with Crippen molar-refractivity contribution in [2.75, 3.05) is 6.54 Å². The van der Waals surface area contributed by atoms with E-state index in [9.17, 15) is 0 Å². The van der Waals surface area contributed by atoms with Crippen LogP contribution in [0.3, 0.4) is 0 Å². The summed E-state index contributed by atoms with van der Waals surface area (Å²) in [7, 11) is 1.96. The van der Waals surface area contributed by atoms with Crippen molar-refractivity contribution in [2.45, 2.75) is 19.0 Å². The van der Waals surface area contributed by atoms with Crippen LogP contribution in [0.15, 0.2) is 61.3 Å². The summed E-state index contributed by atoms with van der Waals surface area (Å²) in [5, 5.41) is 5.43. The zero-order valence-electron chi connectivity index (χ0n) is 16.1. The van der Waals surface area contributed by atoms with Crippen molar-refractivity contribution in [2.24, 2.45) is 7.05 Å². The highest BCUT2D eigenvalue weighted by molar-refractivity contribution is 6.30. The number of imidazole rings is 1. The van der Waals surface area contributed by atoms with Crippen molar-refractivity contribution in [3.63, 3.8) is 0 Å². The Labute approximate surface area is 174 Å². The minimum absolute atomic E-state index is 0.0612. The number of nitrogens with one attached hydrogen (secondary N) is 1. The van der Waals surface area contributed by atoms with E-state index in [2.05, 4.69) is 38.2 Å². The molecule has 7 heteroatoms. The molecule has 0 bridgehead atoms. The van der Waals surface area contributed by atoms with Gasteiger partial charge in [-0.15, -0.1) is 0 Å². The van der Waals surface area contributed by atoms with E-state index in [4.69, 9.17) is 16.7 Å². The number of nitrogens with zero attached hydrogens (tertiary/aromatic N) is 5. The van der Waals surface area contributed by atoms with Crippen molar-refractivity contribution < 1.29 is 0 Å². The lowest BCUT2D eigenvalue weighted by Crippen LogP contribution is -2.36. The third kappa shape index (κ3) is 3.45. The molecule has 0 aliphatic carbocycles. The van der Waals surface area contributed by atoms with E-state index in [1.807, 2.05) is 42.2 Å². The predicted molar refractivity (Wildman–Crippen MR) is 112 cm³/mol. The van der Waals surface area contributed by atoms with Gasteiger partial charge in [0.25, 0.3) is 0 Å². The molecule has 3 aromatic heterocycles. The number of rotatable bonds is 4. The van der Waals surface area contributed by atoms with Crippen LogP contribution in [0.5, 0.6) is 0 Å². The summed E-state index contributed by atoms with van der Waals surface area (Å²) in [5.41, 5.74) is 6.60. The Kier molecular flexibility index (Phi) is 4.66. The molecule has 1 atom stereocenters. The first-order valence-electron chi connectivity index (χ1n) is 9.63. The lowest BCUT2D eigenvalue weighted by atomic mass is 9.96. The van der Waals surface area contributed by atoms with Gasteiger partial charge < -0.3 is 4.98 Å². The normalized spacial score (nSPS) is 16.7. The topological polar surface area (TPSA) is 62.6 Å². The number of halogens is 1. The smallest absolute Gasteiger partial charge is 0.0968 e. The molecule has 0 radical (unpaired) electrons. The van der Waals surface area contributed by atoms with Crippen molar-refractivity contribution >= 4 is 11.6 Å². The maximum atomic E-state index is 6.23. The molecule has 5 rings (SSSR count). The number of aromatic amines is 1. The lowest BCUT2D eigenvalue weighted by molar-refractivity contribution is 0.200. The fourth-order valence-electron chi connectivity index (χ4n) is 4.15. The lowest BCUT2D eigenvalue weighted by Gasteiger charge is -2.35. The number of benzene rings is 1. The summed E-state index contributed by atoms with van der Waals surface area (Å²) in [5.74, 6) is 0. The van der Waals surface area contributed by atoms with Gasteiger partial charge in [0.05, 0.1) is 23.8 Å². The summed E-state index contributed by atoms with van der Waals surface area (Å²) < 4.78 is 1.87. The average molecular weight is 405 g/mol. The molecule has 146 valence electrons. The van der Waals surface area contributed by atoms with Crippen LogP contribution in [0.1, 0.15) is 28.6 Å². The van der Waals surface area contributed by atoms with Crippen molar-refractivity contribution in [3.8, 4) is 11.3 Å². The zero-order chi connectivity index (χ0) is 19.8. The fraction of sp³-hybridized carbons (Fsp3) is 0.227. The number of hydrogen-bond acceptors (Lipinski definition) is 4. The van der Waals surface area contributed by atoms with Gasteiger partial charge in [0.2, 0.25) is 0 Å². The second-order valence-corrected chi connectivity index (χ2v) is 7.80. The molecule has 4 heterocycles. The summed E-state index contributed by atoms with van der Waals surface area (Å²) >= 11 is 6.23. The molecular weight excluding hydrogens is 384 g/mol. The minimum atomic E-state index is 0.0612. The SMILES string of the molecule is Cn1cc(CN2CCc3[nH]cnc3C2c2cccnc2)c(-c2cccc(Cl)c2)n1. The molecular formula is C22H21ClN6. The Balaban J connectivity index is 1.53. The molecule has 0 saturated heterocycles. The summed E-state index contributed by atoms with van der Waals surface area (Å²) in [4.78, 5) is 14.7. The number of pyridine rings is 1. The van der Waals surface area contributed by atoms with E-state index in [0.717, 1.165) is 42.0 Å². The maximum Gasteiger partial charge on any atom is 0.0968 e. The van der Waals surface area contributed by atoms with Gasteiger partial charge in [-0.25, -0.2) is 4.98 Å². The molecule has 6 nitrogen and oxygen atoms in total. The van der Waals surface area contributed by atoms with E-state index in [1.54, 1.807) is 12.5 Å². The van der Waals surface area contributed by atoms with Crippen LogP contribution in [-0.4, -0.2) is 36.2 Å². The Hall–Kier alpha value is -2.96. The van der Waals surface area contributed by atoms with Crippen molar-refractivity contribution in [3.05, 3.63) is 88.9 Å². The standard InChI is InChI=1S/C22H21ClN6/c1-28-12-17(20(27-28)15-4-2-6-18(23)10-15)13-29-9-7-19-21(26-14-25-19)22(29)16-5-3-8-24-11-16/h2-6,8,10-12,14,22H,7,9,13H2,1H3,(H,25,26). The zero-order valence-corrected chi connectivity index (χ0v) is 16.8. The molecule has 1 aliphatic heterocycles. The first-order chi connectivity index (χ1) is 14.2. The van der Waals surface area contributed by atoms with Gasteiger partial charge in [-0.1, -0.05) is 29.8 Å². The first kappa shape index (κ1) is 18.1. The van der Waals surface area contributed by atoms with Gasteiger partial charge in [0.1, 0.15) is 0 Å². The highest BCUT2D eigenvalue weighted by Crippen LogP contribution is 2.35. The van der Waals surface area contributed by atoms with Gasteiger partial charge in [0.15, 0.2) is 0 Å². The average Bonchev–Trinajstić information content (AvgIpc) is 3.35. The van der Waals surface area contributed by atoms with Gasteiger partial charge in [-0.3, -0.25) is 14.6 Å². The second-order valence-electron chi connectivity index (χ2n) is 7.36. The molecule has 0 amide bonds. The molecule has 1 unspecified atom stereocenters. The monoisotopic (exact) mass is 404 g/mol. The fourth-order valence-corrected chi connectivity index (χ4v) is 4.34. The van der Waals surface area contributed by atoms with Gasteiger partial charge >= 0.3 is 0 Å². The van der Waals surface area contributed by atoms with Crippen LogP contribution in [0, 0.1) is 0 Å². The molecule has 1 N–H and O–H groups in total. The number of H-pyrrole nitrogens is 1. The highest BCUT2D eigenvalue weighted by Gasteiger charge is 2.32. The van der Waals surface area contributed by atoms with E-state index in [1.165, 1.54) is 11.3 Å². The van der Waals surface area contributed by atoms with Crippen LogP contribution in [-0.2, 0) is 20.0 Å². The Morgan fingerprint density at radius 3 is 3.00 bits per heavy atom. The number of fused-ring (bicyclic) bond motifs is 1. The molecule has 0 saturated carbocycles. The van der Waals surface area contributed by atoms with Gasteiger partial charge in [0, 0.05) is 67.0 Å². The van der Waals surface area contributed by atoms with E-state index < -0.39 is 0 Å². The molecule has 1 aromatic carbocycles. The summed E-state index contributed by atoms with van der Waals surface area (Å²) in [6.45, 7) is 1.69. The molecule has 29 heavy (non-hydrogen) atoms. The number of hydrogen-bond donors (Lipinski definition) is 1. The Bertz CT molecular complexity index is 1130. The van der Waals surface area contributed by atoms with Gasteiger partial charge in [-0.05, 0) is 23.8 Å². The maximum absolute atomic E-state index is 6.23. The van der Waals surface area contributed by atoms with Crippen molar-refractivity contribution in [1.29, 1.82) is 0 Å². The van der Waals surface area contributed by atoms with Crippen LogP contribution < -0.4 is 0 Å². The third-order valence-corrected chi connectivity index (χ3v) is 5.64. The number of aryl methyl sites for hydroxylation is 1. The van der Waals surface area contributed by atoms with E-state index >= 15 is 0 Å². The summed E-state index contributed by atoms with van der Waals surface area (Å²) in [6.07, 6.45) is 8.57. The van der Waals surface area contributed by atoms with E-state index in [-0.39, 0.29) is 6.04 Å². The largest absolute Gasteiger partial charge is 0.348 e. The molecule has 0 fully saturated rings. The minimum Gasteiger partial charge on any atom is -0.348 e. The predicted octanol–water partition coefficient (Wildman–Crippen LogP) is 4.01. The Morgan fingerprint density at radius 2 is 2.17 bits per heavy atom. The van der Waals surface area contributed by atoms with Crippen molar-refractivity contribution in [1.82, 2.24) is 29.6 Å². The molecule has 1 aliphatic rings. The first-order valence-corrected chi connectivity index (χ1v) is 10.0. The second kappa shape index (κ2) is 7.46. The third-order valence-electron chi connectivity index (χ3n) is 5.40. The van der Waals surface area contributed by atoms with Crippen LogP contribution in [0.2, 0.25) is 5.02 Å². The van der Waals surface area contributed by atoms with E-state index in [0.29, 0.717) is 5.02 Å². The summed E-state index contributed by atoms with van der Waals surface area (Å²) in [6, 6.07) is 12.0. The van der Waals surface area contributed by atoms with Gasteiger partial charge in [-0.2, -0.15) is 5.10 Å². The van der Waals surface area contributed by atoms with Crippen LogP contribution >= 0.6 is 11.6 Å². The quantitative estimate of drug-likeness (QED) is 0.558. The number of aromatic nitrogens is 5. The highest BCUT2D eigenvalue weighted by atomic mass is 35.5. The Morgan fingerprint density at radius 1 is 1.24 bits per heavy atom. The van der Waals surface area contributed by atoms with Crippen LogP contribution in [0.4, 0.5) is 0 Å². The molecule has 4 aromatic rings. The van der Waals surface area contributed by atoms with Crippen LogP contribution in [0.25, 0.3) is 11.3 Å².